The van der Waals surface area contributed by atoms with E-state index in [1.807, 2.05) is 6.92 Å². The second-order valence-electron chi connectivity index (χ2n) is 3.53. The van der Waals surface area contributed by atoms with Crippen molar-refractivity contribution in [1.82, 2.24) is 10.6 Å². The van der Waals surface area contributed by atoms with E-state index in [1.165, 1.54) is 0 Å². The van der Waals surface area contributed by atoms with Crippen LogP contribution < -0.4 is 10.6 Å². The monoisotopic (exact) mass is 188 g/mol. The molecule has 0 bridgehead atoms. The second kappa shape index (κ2) is 6.23. The third-order valence-electron chi connectivity index (χ3n) is 1.54. The Morgan fingerprint density at radius 2 is 1.92 bits per heavy atom. The van der Waals surface area contributed by atoms with Crippen LogP contribution in [0.15, 0.2) is 0 Å². The van der Waals surface area contributed by atoms with Gasteiger partial charge in [-0.2, -0.15) is 0 Å². The predicted octanol–water partition coefficient (Wildman–Crippen LogP) is 1.91. The van der Waals surface area contributed by atoms with Crippen LogP contribution in [-0.2, 0) is 0 Å². The fraction of sp³-hybridized carbons (Fsp3) is 0.889. The van der Waals surface area contributed by atoms with E-state index >= 15 is 0 Å². The number of nitrogens with one attached hydrogen (secondary N) is 2. The first-order valence-corrected chi connectivity index (χ1v) is 5.01. The molecule has 0 rings (SSSR count). The van der Waals surface area contributed by atoms with Gasteiger partial charge in [0.05, 0.1) is 0 Å². The topological polar surface area (TPSA) is 24.1 Å². The minimum Gasteiger partial charge on any atom is -0.363 e. The van der Waals surface area contributed by atoms with Crippen LogP contribution in [0.3, 0.4) is 0 Å². The van der Waals surface area contributed by atoms with E-state index in [-0.39, 0.29) is 0 Å². The number of hydrogen-bond acceptors (Lipinski definition) is 1. The van der Waals surface area contributed by atoms with Gasteiger partial charge in [0, 0.05) is 12.6 Å². The van der Waals surface area contributed by atoms with Crippen LogP contribution in [0.2, 0.25) is 0 Å². The van der Waals surface area contributed by atoms with Crippen molar-refractivity contribution < 1.29 is 0 Å². The Morgan fingerprint density at radius 1 is 1.33 bits per heavy atom. The van der Waals surface area contributed by atoms with E-state index in [0.717, 1.165) is 24.0 Å². The highest BCUT2D eigenvalue weighted by atomic mass is 32.1. The highest BCUT2D eigenvalue weighted by Gasteiger charge is 2.04. The van der Waals surface area contributed by atoms with Gasteiger partial charge in [-0.15, -0.1) is 0 Å². The van der Waals surface area contributed by atoms with Crippen LogP contribution in [0.1, 0.15) is 34.1 Å². The summed E-state index contributed by atoms with van der Waals surface area (Å²) >= 11 is 5.06. The summed E-state index contributed by atoms with van der Waals surface area (Å²) in [5, 5.41) is 7.07. The predicted molar refractivity (Wildman–Crippen MR) is 58.3 cm³/mol. The zero-order valence-corrected chi connectivity index (χ0v) is 9.29. The quantitative estimate of drug-likeness (QED) is 0.659. The Balaban J connectivity index is 3.54. The molecule has 0 fully saturated rings. The average molecular weight is 188 g/mol. The second-order valence-corrected chi connectivity index (χ2v) is 3.94. The van der Waals surface area contributed by atoms with Crippen LogP contribution in [0.25, 0.3) is 0 Å². The molecule has 2 N–H and O–H groups in total. The summed E-state index contributed by atoms with van der Waals surface area (Å²) in [5.74, 6) is 0.719. The maximum Gasteiger partial charge on any atom is 0.166 e. The third-order valence-corrected chi connectivity index (χ3v) is 1.80. The van der Waals surface area contributed by atoms with Crippen molar-refractivity contribution >= 4 is 17.3 Å². The molecule has 0 aliphatic heterocycles. The summed E-state index contributed by atoms with van der Waals surface area (Å²) in [5.41, 5.74) is 0. The van der Waals surface area contributed by atoms with Gasteiger partial charge in [-0.1, -0.05) is 13.8 Å². The molecule has 12 heavy (non-hydrogen) atoms. The summed E-state index contributed by atoms with van der Waals surface area (Å²) < 4.78 is 0. The lowest BCUT2D eigenvalue weighted by molar-refractivity contribution is 0.489. The molecule has 0 aromatic rings. The molecule has 0 saturated heterocycles. The highest BCUT2D eigenvalue weighted by Crippen LogP contribution is 2.03. The van der Waals surface area contributed by atoms with Gasteiger partial charge in [0.2, 0.25) is 0 Å². The molecule has 0 saturated carbocycles. The molecular weight excluding hydrogens is 168 g/mol. The van der Waals surface area contributed by atoms with Gasteiger partial charge in [-0.25, -0.2) is 0 Å². The number of thiocarbonyl (C=S) groups is 1. The van der Waals surface area contributed by atoms with Crippen LogP contribution in [0.5, 0.6) is 0 Å². The summed E-state index contributed by atoms with van der Waals surface area (Å²) in [4.78, 5) is 0. The highest BCUT2D eigenvalue weighted by molar-refractivity contribution is 7.80. The number of rotatable bonds is 4. The normalized spacial score (nSPS) is 12.8. The van der Waals surface area contributed by atoms with Crippen molar-refractivity contribution in [2.75, 3.05) is 6.54 Å². The summed E-state index contributed by atoms with van der Waals surface area (Å²) in [6.07, 6.45) is 1.16. The lowest BCUT2D eigenvalue weighted by Gasteiger charge is -2.17. The molecule has 0 heterocycles. The van der Waals surface area contributed by atoms with Gasteiger partial charge in [0.1, 0.15) is 0 Å². The van der Waals surface area contributed by atoms with Gasteiger partial charge in [-0.05, 0) is 38.4 Å². The van der Waals surface area contributed by atoms with E-state index in [9.17, 15) is 0 Å². The van der Waals surface area contributed by atoms with Gasteiger partial charge in [0.25, 0.3) is 0 Å². The molecule has 3 heteroatoms. The standard InChI is InChI=1S/C9H20N2S/c1-5-10-9(12)11-8(4)6-7(2)3/h7-8H,5-6H2,1-4H3,(H2,10,11,12). The molecule has 1 atom stereocenters. The molecule has 0 aromatic carbocycles. The smallest absolute Gasteiger partial charge is 0.166 e. The number of hydrogen-bond donors (Lipinski definition) is 2. The van der Waals surface area contributed by atoms with Crippen molar-refractivity contribution in [2.24, 2.45) is 5.92 Å². The largest absolute Gasteiger partial charge is 0.363 e. The van der Waals surface area contributed by atoms with Crippen molar-refractivity contribution in [1.29, 1.82) is 0 Å². The van der Waals surface area contributed by atoms with Crippen molar-refractivity contribution in [3.8, 4) is 0 Å². The maximum atomic E-state index is 5.06. The zero-order chi connectivity index (χ0) is 9.56. The summed E-state index contributed by atoms with van der Waals surface area (Å²) in [6.45, 7) is 9.52. The molecule has 2 nitrogen and oxygen atoms in total. The van der Waals surface area contributed by atoms with E-state index in [2.05, 4.69) is 31.4 Å². The van der Waals surface area contributed by atoms with Crippen LogP contribution in [0.4, 0.5) is 0 Å². The molecule has 0 spiro atoms. The third kappa shape index (κ3) is 6.40. The Hall–Kier alpha value is -0.310. The van der Waals surface area contributed by atoms with E-state index in [4.69, 9.17) is 12.2 Å². The van der Waals surface area contributed by atoms with Gasteiger partial charge in [-0.3, -0.25) is 0 Å². The molecule has 0 amide bonds. The van der Waals surface area contributed by atoms with Crippen LogP contribution >= 0.6 is 12.2 Å². The molecular formula is C9H20N2S. The molecule has 0 aliphatic rings. The summed E-state index contributed by atoms with van der Waals surface area (Å²) in [7, 11) is 0. The Bertz CT molecular complexity index is 134. The first-order chi connectivity index (χ1) is 5.56. The Morgan fingerprint density at radius 3 is 2.33 bits per heavy atom. The maximum absolute atomic E-state index is 5.06. The first-order valence-electron chi connectivity index (χ1n) is 4.60. The molecule has 0 radical (unpaired) electrons. The van der Waals surface area contributed by atoms with Crippen molar-refractivity contribution in [3.05, 3.63) is 0 Å². The van der Waals surface area contributed by atoms with E-state index in [0.29, 0.717) is 6.04 Å². The molecule has 0 aliphatic carbocycles. The molecule has 0 aromatic heterocycles. The fourth-order valence-corrected chi connectivity index (χ4v) is 1.55. The van der Waals surface area contributed by atoms with Crippen molar-refractivity contribution in [2.45, 2.75) is 40.2 Å². The van der Waals surface area contributed by atoms with Gasteiger partial charge < -0.3 is 10.6 Å². The lowest BCUT2D eigenvalue weighted by atomic mass is 10.1. The summed E-state index contributed by atoms with van der Waals surface area (Å²) in [6, 6.07) is 0.469. The SMILES string of the molecule is CCNC(=S)NC(C)CC(C)C. The van der Waals surface area contributed by atoms with Crippen LogP contribution in [0, 0.1) is 5.92 Å². The van der Waals surface area contributed by atoms with Crippen LogP contribution in [-0.4, -0.2) is 17.7 Å². The average Bonchev–Trinajstić information content (AvgIpc) is 1.84. The fourth-order valence-electron chi connectivity index (χ4n) is 1.20. The van der Waals surface area contributed by atoms with E-state index < -0.39 is 0 Å². The first kappa shape index (κ1) is 11.7. The Kier molecular flexibility index (Phi) is 6.07. The molecule has 72 valence electrons. The zero-order valence-electron chi connectivity index (χ0n) is 8.48. The Labute approximate surface area is 81.1 Å². The van der Waals surface area contributed by atoms with Gasteiger partial charge in [0.15, 0.2) is 5.11 Å². The lowest BCUT2D eigenvalue weighted by Crippen LogP contribution is -2.40. The molecule has 1 unspecified atom stereocenters. The minimum absolute atomic E-state index is 0.469. The van der Waals surface area contributed by atoms with E-state index in [1.54, 1.807) is 0 Å². The van der Waals surface area contributed by atoms with Crippen molar-refractivity contribution in [3.63, 3.8) is 0 Å². The minimum atomic E-state index is 0.469. The van der Waals surface area contributed by atoms with Gasteiger partial charge >= 0.3 is 0 Å².